The topological polar surface area (TPSA) is 55.4 Å². The van der Waals surface area contributed by atoms with Gasteiger partial charge in [0.05, 0.1) is 4.90 Å². The van der Waals surface area contributed by atoms with Crippen molar-refractivity contribution in [3.05, 3.63) is 46.7 Å². The van der Waals surface area contributed by atoms with Gasteiger partial charge in [-0.15, -0.1) is 11.3 Å². The lowest BCUT2D eigenvalue weighted by atomic mass is 10.3. The largest absolute Gasteiger partial charge is 0.492 e. The predicted molar refractivity (Wildman–Crippen MR) is 81.1 cm³/mol. The Balaban J connectivity index is 1.72. The third-order valence-corrected chi connectivity index (χ3v) is 4.68. The highest BCUT2D eigenvalue weighted by atomic mass is 32.2. The van der Waals surface area contributed by atoms with E-state index in [2.05, 4.69) is 16.8 Å². The number of sulfone groups is 1. The smallest absolute Gasteiger partial charge is 0.175 e. The molecule has 20 heavy (non-hydrogen) atoms. The van der Waals surface area contributed by atoms with Crippen molar-refractivity contribution in [2.24, 2.45) is 0 Å². The van der Waals surface area contributed by atoms with Gasteiger partial charge in [-0.05, 0) is 35.7 Å². The quantitative estimate of drug-likeness (QED) is 0.797. The summed E-state index contributed by atoms with van der Waals surface area (Å²) in [5.41, 5.74) is 0. The first-order valence-corrected chi connectivity index (χ1v) is 8.99. The summed E-state index contributed by atoms with van der Waals surface area (Å²) >= 11 is 1.72. The van der Waals surface area contributed by atoms with Gasteiger partial charge in [0.25, 0.3) is 0 Å². The molecule has 0 saturated heterocycles. The van der Waals surface area contributed by atoms with Gasteiger partial charge in [0.1, 0.15) is 12.4 Å². The molecular formula is C14H17NO3S2. The van der Waals surface area contributed by atoms with E-state index in [0.717, 1.165) is 13.1 Å². The van der Waals surface area contributed by atoms with Crippen molar-refractivity contribution in [1.29, 1.82) is 0 Å². The summed E-state index contributed by atoms with van der Waals surface area (Å²) in [7, 11) is -3.14. The van der Waals surface area contributed by atoms with Gasteiger partial charge < -0.3 is 10.1 Å². The lowest BCUT2D eigenvalue weighted by Crippen LogP contribution is -2.20. The van der Waals surface area contributed by atoms with Gasteiger partial charge in [-0.2, -0.15) is 0 Å². The van der Waals surface area contributed by atoms with Crippen LogP contribution >= 0.6 is 11.3 Å². The Hall–Kier alpha value is -1.37. The summed E-state index contributed by atoms with van der Waals surface area (Å²) in [6.45, 7) is 2.13. The van der Waals surface area contributed by atoms with E-state index in [1.54, 1.807) is 35.6 Å². The minimum atomic E-state index is -3.14. The van der Waals surface area contributed by atoms with E-state index in [9.17, 15) is 8.42 Å². The molecule has 2 aromatic rings. The van der Waals surface area contributed by atoms with Gasteiger partial charge in [-0.25, -0.2) is 8.42 Å². The summed E-state index contributed by atoms with van der Waals surface area (Å²) in [4.78, 5) is 1.60. The third kappa shape index (κ3) is 4.63. The molecule has 108 valence electrons. The van der Waals surface area contributed by atoms with E-state index >= 15 is 0 Å². The van der Waals surface area contributed by atoms with Gasteiger partial charge in [0, 0.05) is 24.2 Å². The highest BCUT2D eigenvalue weighted by molar-refractivity contribution is 7.90. The number of thiophene rings is 1. The molecule has 0 unspecified atom stereocenters. The second kappa shape index (κ2) is 6.88. The molecule has 4 nitrogen and oxygen atoms in total. The minimum absolute atomic E-state index is 0.306. The fraction of sp³-hybridized carbons (Fsp3) is 0.286. The SMILES string of the molecule is CS(=O)(=O)c1ccc(OCCNCc2cccs2)cc1. The highest BCUT2D eigenvalue weighted by Gasteiger charge is 2.06. The minimum Gasteiger partial charge on any atom is -0.492 e. The molecule has 1 N–H and O–H groups in total. The zero-order chi connectivity index (χ0) is 14.4. The predicted octanol–water partition coefficient (Wildman–Crippen LogP) is 2.32. The number of hydrogen-bond donors (Lipinski definition) is 1. The molecule has 0 atom stereocenters. The molecule has 1 aromatic carbocycles. The maximum absolute atomic E-state index is 11.3. The van der Waals surface area contributed by atoms with E-state index < -0.39 is 9.84 Å². The van der Waals surface area contributed by atoms with Crippen molar-refractivity contribution in [3.63, 3.8) is 0 Å². The van der Waals surface area contributed by atoms with Crippen LogP contribution in [0.15, 0.2) is 46.7 Å². The molecule has 1 aromatic heterocycles. The summed E-state index contributed by atoms with van der Waals surface area (Å²) in [6, 6.07) is 10.6. The van der Waals surface area contributed by atoms with Crippen LogP contribution in [0.3, 0.4) is 0 Å². The van der Waals surface area contributed by atoms with E-state index in [4.69, 9.17) is 4.74 Å². The second-order valence-corrected chi connectivity index (χ2v) is 7.40. The van der Waals surface area contributed by atoms with E-state index in [0.29, 0.717) is 17.3 Å². The van der Waals surface area contributed by atoms with E-state index in [1.165, 1.54) is 11.1 Å². The maximum Gasteiger partial charge on any atom is 0.175 e. The third-order valence-electron chi connectivity index (χ3n) is 2.68. The Morgan fingerprint density at radius 1 is 1.20 bits per heavy atom. The average Bonchev–Trinajstić information content (AvgIpc) is 2.91. The zero-order valence-electron chi connectivity index (χ0n) is 11.2. The fourth-order valence-electron chi connectivity index (χ4n) is 1.65. The summed E-state index contributed by atoms with van der Waals surface area (Å²) in [5.74, 6) is 0.676. The highest BCUT2D eigenvalue weighted by Crippen LogP contribution is 2.15. The molecule has 1 heterocycles. The number of rotatable bonds is 7. The second-order valence-electron chi connectivity index (χ2n) is 4.35. The first kappa shape index (κ1) is 15.0. The number of nitrogens with one attached hydrogen (secondary N) is 1. The summed E-state index contributed by atoms with van der Waals surface area (Å²) in [5, 5.41) is 5.34. The molecule has 0 saturated carbocycles. The molecule has 0 aliphatic heterocycles. The average molecular weight is 311 g/mol. The zero-order valence-corrected chi connectivity index (χ0v) is 12.8. The molecule has 0 amide bonds. The van der Waals surface area contributed by atoms with Crippen molar-refractivity contribution in [2.75, 3.05) is 19.4 Å². The normalized spacial score (nSPS) is 11.4. The molecule has 0 radical (unpaired) electrons. The van der Waals surface area contributed by atoms with E-state index in [1.807, 2.05) is 6.07 Å². The number of ether oxygens (including phenoxy) is 1. The molecule has 2 rings (SSSR count). The van der Waals surface area contributed by atoms with Gasteiger partial charge >= 0.3 is 0 Å². The molecule has 6 heteroatoms. The van der Waals surface area contributed by atoms with Gasteiger partial charge in [-0.3, -0.25) is 0 Å². The Kier molecular flexibility index (Phi) is 5.17. The monoisotopic (exact) mass is 311 g/mol. The Morgan fingerprint density at radius 3 is 2.55 bits per heavy atom. The van der Waals surface area contributed by atoms with Gasteiger partial charge in [-0.1, -0.05) is 6.07 Å². The lowest BCUT2D eigenvalue weighted by molar-refractivity contribution is 0.313. The van der Waals surface area contributed by atoms with Crippen LogP contribution in [-0.2, 0) is 16.4 Å². The maximum atomic E-state index is 11.3. The van der Waals surface area contributed by atoms with Crippen molar-refractivity contribution < 1.29 is 13.2 Å². The molecular weight excluding hydrogens is 294 g/mol. The fourth-order valence-corrected chi connectivity index (χ4v) is 2.95. The van der Waals surface area contributed by atoms with Crippen LogP contribution in [0.1, 0.15) is 4.88 Å². The summed E-state index contributed by atoms with van der Waals surface area (Å²) < 4.78 is 28.2. The Labute approximate surface area is 123 Å². The number of benzene rings is 1. The van der Waals surface area contributed by atoms with Crippen molar-refractivity contribution in [3.8, 4) is 5.75 Å². The van der Waals surface area contributed by atoms with Crippen molar-refractivity contribution in [2.45, 2.75) is 11.4 Å². The van der Waals surface area contributed by atoms with Crippen molar-refractivity contribution in [1.82, 2.24) is 5.32 Å². The van der Waals surface area contributed by atoms with Crippen LogP contribution in [0, 0.1) is 0 Å². The lowest BCUT2D eigenvalue weighted by Gasteiger charge is -2.07. The number of hydrogen-bond acceptors (Lipinski definition) is 5. The molecule has 0 aliphatic rings. The van der Waals surface area contributed by atoms with Crippen LogP contribution in [0.25, 0.3) is 0 Å². The molecule has 0 fully saturated rings. The van der Waals surface area contributed by atoms with Crippen molar-refractivity contribution >= 4 is 21.2 Å². The van der Waals surface area contributed by atoms with Crippen LogP contribution < -0.4 is 10.1 Å². The first-order valence-electron chi connectivity index (χ1n) is 6.22. The van der Waals surface area contributed by atoms with Crippen LogP contribution in [-0.4, -0.2) is 27.8 Å². The first-order chi connectivity index (χ1) is 9.55. The Bertz CT molecular complexity index is 619. The van der Waals surface area contributed by atoms with Crippen LogP contribution in [0.2, 0.25) is 0 Å². The van der Waals surface area contributed by atoms with Gasteiger partial charge in [0.2, 0.25) is 0 Å². The Morgan fingerprint density at radius 2 is 1.95 bits per heavy atom. The standard InChI is InChI=1S/C14H17NO3S2/c1-20(16,17)14-6-4-12(5-7-14)18-9-8-15-11-13-3-2-10-19-13/h2-7,10,15H,8-9,11H2,1H3. The van der Waals surface area contributed by atoms with Crippen LogP contribution in [0.5, 0.6) is 5.75 Å². The van der Waals surface area contributed by atoms with E-state index in [-0.39, 0.29) is 0 Å². The van der Waals surface area contributed by atoms with Crippen LogP contribution in [0.4, 0.5) is 0 Å². The van der Waals surface area contributed by atoms with Gasteiger partial charge in [0.15, 0.2) is 9.84 Å². The molecule has 0 spiro atoms. The molecule has 0 bridgehead atoms. The summed E-state index contributed by atoms with van der Waals surface area (Å²) in [6.07, 6.45) is 1.19. The molecule has 0 aliphatic carbocycles.